The van der Waals surface area contributed by atoms with Gasteiger partial charge in [-0.1, -0.05) is 6.92 Å². The molecule has 0 aromatic carbocycles. The number of aromatic amines is 1. The Bertz CT molecular complexity index is 584. The van der Waals surface area contributed by atoms with Gasteiger partial charge in [-0.2, -0.15) is 0 Å². The monoisotopic (exact) mass is 289 g/mol. The van der Waals surface area contributed by atoms with Crippen LogP contribution in [0.2, 0.25) is 0 Å². The molecule has 1 heterocycles. The number of rotatable bonds is 1. The first kappa shape index (κ1) is 13.4. The van der Waals surface area contributed by atoms with E-state index in [1.165, 1.54) is 13.2 Å². The van der Waals surface area contributed by atoms with Crippen molar-refractivity contribution in [2.45, 2.75) is 30.0 Å². The van der Waals surface area contributed by atoms with Gasteiger partial charge in [-0.25, -0.2) is 0 Å². The highest BCUT2D eigenvalue weighted by Crippen LogP contribution is 2.34. The predicted molar refractivity (Wildman–Crippen MR) is 71.3 cm³/mol. The summed E-state index contributed by atoms with van der Waals surface area (Å²) < 4.78 is 4.88. The van der Waals surface area contributed by atoms with Gasteiger partial charge in [0, 0.05) is 29.7 Å². The van der Waals surface area contributed by atoms with Crippen LogP contribution in [0, 0.1) is 0 Å². The number of alkyl halides is 2. The number of nitrogens with one attached hydrogen (secondary N) is 1. The molecule has 0 radical (unpaired) electrons. The van der Waals surface area contributed by atoms with Crippen molar-refractivity contribution in [3.63, 3.8) is 0 Å². The van der Waals surface area contributed by atoms with Gasteiger partial charge in [-0.3, -0.25) is 9.59 Å². The minimum atomic E-state index is -0.431. The number of methoxy groups -OCH3 is 1. The number of H-pyrrole nitrogens is 1. The fourth-order valence-electron chi connectivity index (χ4n) is 2.27. The molecule has 0 saturated heterocycles. The lowest BCUT2D eigenvalue weighted by molar-refractivity contribution is 0.409. The highest BCUT2D eigenvalue weighted by Gasteiger charge is 2.33. The van der Waals surface area contributed by atoms with Crippen LogP contribution < -0.4 is 15.7 Å². The zero-order valence-corrected chi connectivity index (χ0v) is 11.5. The van der Waals surface area contributed by atoms with E-state index in [9.17, 15) is 9.59 Å². The Morgan fingerprint density at radius 1 is 1.39 bits per heavy atom. The van der Waals surface area contributed by atoms with Crippen LogP contribution in [-0.4, -0.2) is 22.8 Å². The smallest absolute Gasteiger partial charge is 0.290 e. The van der Waals surface area contributed by atoms with Gasteiger partial charge in [0.25, 0.3) is 5.56 Å². The summed E-state index contributed by atoms with van der Waals surface area (Å²) >= 11 is 12.3. The number of hydrogen-bond donors (Lipinski definition) is 1. The highest BCUT2D eigenvalue weighted by molar-refractivity contribution is 6.30. The molecule has 6 heteroatoms. The second kappa shape index (κ2) is 4.94. The van der Waals surface area contributed by atoms with E-state index >= 15 is 0 Å². The van der Waals surface area contributed by atoms with Crippen molar-refractivity contribution < 1.29 is 4.74 Å². The molecule has 98 valence electrons. The molecule has 1 aromatic rings. The minimum absolute atomic E-state index is 0.00107. The topological polar surface area (TPSA) is 59.2 Å². The van der Waals surface area contributed by atoms with E-state index in [0.29, 0.717) is 17.7 Å². The molecule has 0 amide bonds. The van der Waals surface area contributed by atoms with Crippen LogP contribution in [0.3, 0.4) is 0 Å². The van der Waals surface area contributed by atoms with Gasteiger partial charge < -0.3 is 9.72 Å². The fraction of sp³-hybridized carbons (Fsp3) is 0.500. The molecule has 1 aliphatic carbocycles. The molecule has 0 fully saturated rings. The van der Waals surface area contributed by atoms with E-state index in [2.05, 4.69) is 4.98 Å². The van der Waals surface area contributed by atoms with Crippen LogP contribution in [-0.2, 0) is 6.42 Å². The summed E-state index contributed by atoms with van der Waals surface area (Å²) in [5.41, 5.74) is 0.395. The highest BCUT2D eigenvalue weighted by atomic mass is 35.5. The zero-order chi connectivity index (χ0) is 13.4. The van der Waals surface area contributed by atoms with Crippen molar-refractivity contribution in [1.29, 1.82) is 0 Å². The van der Waals surface area contributed by atoms with E-state index in [-0.39, 0.29) is 27.9 Å². The molecule has 0 bridgehead atoms. The number of aromatic nitrogens is 1. The first-order valence-corrected chi connectivity index (χ1v) is 6.45. The van der Waals surface area contributed by atoms with Gasteiger partial charge >= 0.3 is 0 Å². The van der Waals surface area contributed by atoms with E-state index in [0.717, 1.165) is 0 Å². The lowest BCUT2D eigenvalue weighted by Crippen LogP contribution is -2.33. The van der Waals surface area contributed by atoms with Gasteiger partial charge in [0.2, 0.25) is 0 Å². The van der Waals surface area contributed by atoms with Gasteiger partial charge in [-0.05, 0) is 0 Å². The fourth-order valence-corrected chi connectivity index (χ4v) is 2.86. The summed E-state index contributed by atoms with van der Waals surface area (Å²) in [6.45, 7) is 1.83. The number of fused-ring (bicyclic) bond motifs is 1. The maximum absolute atomic E-state index is 12.1. The lowest BCUT2D eigenvalue weighted by Gasteiger charge is -2.28. The predicted octanol–water partition coefficient (Wildman–Crippen LogP) is 1.62. The molecular weight excluding hydrogens is 277 g/mol. The lowest BCUT2D eigenvalue weighted by atomic mass is 9.86. The first-order valence-electron chi connectivity index (χ1n) is 5.58. The van der Waals surface area contributed by atoms with Crippen LogP contribution in [0.15, 0.2) is 15.7 Å². The van der Waals surface area contributed by atoms with Gasteiger partial charge in [0.1, 0.15) is 0 Å². The summed E-state index contributed by atoms with van der Waals surface area (Å²) in [6.07, 6.45) is 0.373. The Morgan fingerprint density at radius 3 is 2.67 bits per heavy atom. The Balaban J connectivity index is 2.76. The quantitative estimate of drug-likeness (QED) is 0.800. The van der Waals surface area contributed by atoms with E-state index in [1.54, 1.807) is 0 Å². The van der Waals surface area contributed by atoms with Gasteiger partial charge in [0.05, 0.1) is 17.9 Å². The average Bonchev–Trinajstić information content (AvgIpc) is 2.43. The van der Waals surface area contributed by atoms with Crippen molar-refractivity contribution in [2.75, 3.05) is 7.11 Å². The van der Waals surface area contributed by atoms with Gasteiger partial charge in [0.15, 0.2) is 11.2 Å². The van der Waals surface area contributed by atoms with Crippen LogP contribution in [0.4, 0.5) is 0 Å². The molecule has 0 spiro atoms. The first-order chi connectivity index (χ1) is 8.45. The molecule has 1 aliphatic rings. The van der Waals surface area contributed by atoms with Crippen molar-refractivity contribution in [1.82, 2.24) is 4.98 Å². The largest absolute Gasteiger partial charge is 0.491 e. The maximum atomic E-state index is 12.1. The summed E-state index contributed by atoms with van der Waals surface area (Å²) in [7, 11) is 1.35. The maximum Gasteiger partial charge on any atom is 0.290 e. The molecule has 3 atom stereocenters. The normalized spacial score (nSPS) is 26.6. The Morgan fingerprint density at radius 2 is 2.06 bits per heavy atom. The summed E-state index contributed by atoms with van der Waals surface area (Å²) in [6, 6.07) is 1.20. The minimum Gasteiger partial charge on any atom is -0.491 e. The van der Waals surface area contributed by atoms with E-state index < -0.39 is 5.56 Å². The average molecular weight is 290 g/mol. The summed E-state index contributed by atoms with van der Waals surface area (Å²) in [4.78, 5) is 26.6. The number of ether oxygens (including phenoxy) is 1. The van der Waals surface area contributed by atoms with Crippen molar-refractivity contribution in [2.24, 2.45) is 0 Å². The third-order valence-corrected chi connectivity index (χ3v) is 4.48. The Kier molecular flexibility index (Phi) is 3.69. The molecule has 1 unspecified atom stereocenters. The van der Waals surface area contributed by atoms with Gasteiger partial charge in [-0.15, -0.1) is 23.2 Å². The Hall–Kier alpha value is -1.000. The van der Waals surface area contributed by atoms with Crippen LogP contribution in [0.5, 0.6) is 5.75 Å². The molecule has 18 heavy (non-hydrogen) atoms. The molecule has 0 aliphatic heterocycles. The summed E-state index contributed by atoms with van der Waals surface area (Å²) in [5.74, 6) is -0.211. The van der Waals surface area contributed by atoms with Crippen LogP contribution in [0.25, 0.3) is 0 Å². The zero-order valence-electron chi connectivity index (χ0n) is 10.00. The van der Waals surface area contributed by atoms with Crippen LogP contribution >= 0.6 is 23.2 Å². The second-order valence-corrected chi connectivity index (χ2v) is 5.44. The number of hydrogen-bond acceptors (Lipinski definition) is 3. The van der Waals surface area contributed by atoms with Crippen molar-refractivity contribution >= 4 is 23.2 Å². The molecular formula is C12H13Cl2NO3. The standard InChI is InChI=1S/C12H13Cl2NO3/c1-5-10-7(3-6(13)11(5)14)15-12(17)9(18-2)4-8(10)16/h4-6,11H,3H2,1-2H3,(H,15,17)/t5?,6-,11-/m0/s1. The molecule has 2 rings (SSSR count). The third kappa shape index (κ3) is 2.15. The number of halogens is 2. The molecule has 4 nitrogen and oxygen atoms in total. The van der Waals surface area contributed by atoms with Crippen molar-refractivity contribution in [3.05, 3.63) is 37.9 Å². The third-order valence-electron chi connectivity index (χ3n) is 3.24. The molecule has 1 N–H and O–H groups in total. The van der Waals surface area contributed by atoms with Crippen LogP contribution in [0.1, 0.15) is 24.1 Å². The second-order valence-electron chi connectivity index (χ2n) is 4.38. The SMILES string of the molecule is COc1cc(=O)c2c([nH]c1=O)C[C@H](Cl)[C@@H](Cl)C2C. The summed E-state index contributed by atoms with van der Waals surface area (Å²) in [5, 5.41) is -0.638. The van der Waals surface area contributed by atoms with E-state index in [1.807, 2.05) is 6.92 Å². The Labute approximate surface area is 114 Å². The molecule has 0 saturated carbocycles. The molecule has 1 aromatic heterocycles. The van der Waals surface area contributed by atoms with E-state index in [4.69, 9.17) is 27.9 Å². The van der Waals surface area contributed by atoms with Crippen molar-refractivity contribution in [3.8, 4) is 5.75 Å².